The SMILES string of the molecule is CC(C)(O)C#Cc1ccc(-c2ccc(Cl)n3c(C(F)F)nnc23)c([C@H](Cc2cc(F)cc(F)c2)NC(=O)Cn2nc(C(F)F)c3c2C(F)(F)[C@@H]2C[C@H]32)n1. The molecule has 276 valence electrons. The highest BCUT2D eigenvalue weighted by atomic mass is 35.5. The van der Waals surface area contributed by atoms with Crippen molar-refractivity contribution in [1.29, 1.82) is 0 Å². The third kappa shape index (κ3) is 6.81. The van der Waals surface area contributed by atoms with Gasteiger partial charge in [-0.2, -0.15) is 13.9 Å². The van der Waals surface area contributed by atoms with Crippen LogP contribution in [0.5, 0.6) is 0 Å². The Bertz CT molecular complexity index is 2320. The number of nitrogens with one attached hydrogen (secondary N) is 1. The lowest BCUT2D eigenvalue weighted by atomic mass is 9.95. The summed E-state index contributed by atoms with van der Waals surface area (Å²) in [4.78, 5) is 18.3. The summed E-state index contributed by atoms with van der Waals surface area (Å²) in [5, 5.41) is 23.8. The fourth-order valence-corrected chi connectivity index (χ4v) is 6.95. The zero-order valence-corrected chi connectivity index (χ0v) is 28.2. The van der Waals surface area contributed by atoms with Crippen LogP contribution < -0.4 is 5.32 Å². The van der Waals surface area contributed by atoms with Gasteiger partial charge in [0.05, 0.1) is 11.7 Å². The lowest BCUT2D eigenvalue weighted by Gasteiger charge is -2.23. The summed E-state index contributed by atoms with van der Waals surface area (Å²) in [6, 6.07) is 6.77. The molecule has 1 amide bonds. The quantitative estimate of drug-likeness (QED) is 0.0933. The van der Waals surface area contributed by atoms with Crippen molar-refractivity contribution in [2.75, 3.05) is 0 Å². The van der Waals surface area contributed by atoms with Crippen molar-refractivity contribution in [2.24, 2.45) is 5.92 Å². The van der Waals surface area contributed by atoms with Gasteiger partial charge in [0.1, 0.15) is 46.0 Å². The molecule has 0 aliphatic heterocycles. The second-order valence-electron chi connectivity index (χ2n) is 13.3. The van der Waals surface area contributed by atoms with E-state index in [-0.39, 0.29) is 57.3 Å². The van der Waals surface area contributed by atoms with E-state index in [0.29, 0.717) is 10.7 Å². The number of alkyl halides is 6. The number of aliphatic hydroxyl groups is 1. The third-order valence-electron chi connectivity index (χ3n) is 8.92. The monoisotopic (exact) mass is 763 g/mol. The number of amides is 1. The van der Waals surface area contributed by atoms with Crippen LogP contribution in [0, 0.1) is 29.4 Å². The van der Waals surface area contributed by atoms with Gasteiger partial charge < -0.3 is 10.4 Å². The van der Waals surface area contributed by atoms with Crippen LogP contribution in [0.2, 0.25) is 5.15 Å². The Morgan fingerprint density at radius 2 is 1.74 bits per heavy atom. The standard InChI is InChI=1S/C35H26ClF8N7O2/c1-34(2,53)8-7-18-3-4-19(20-5-6-24(36)51-32(20)47-48-33(51)31(41)42)27(45-18)23(11-15-9-16(37)12-17(38)10-15)46-25(52)14-50-29-26(28(49-50)30(39)40)21-13-22(21)35(29,43)44/h3-6,9-10,12,21-23,30-31,53H,11,13-14H2,1-2H3,(H,46,52)/t21-,22+,23-/m0/s1. The maximum Gasteiger partial charge on any atom is 0.297 e. The molecule has 2 aliphatic carbocycles. The van der Waals surface area contributed by atoms with E-state index in [9.17, 15) is 36.2 Å². The molecule has 7 rings (SSSR count). The lowest BCUT2D eigenvalue weighted by Crippen LogP contribution is -2.35. The van der Waals surface area contributed by atoms with Crippen LogP contribution in [0.25, 0.3) is 16.8 Å². The van der Waals surface area contributed by atoms with E-state index < -0.39 is 83.6 Å². The predicted molar refractivity (Wildman–Crippen MR) is 172 cm³/mol. The molecule has 9 nitrogen and oxygen atoms in total. The zero-order chi connectivity index (χ0) is 38.1. The second kappa shape index (κ2) is 13.1. The highest BCUT2D eigenvalue weighted by Crippen LogP contribution is 2.68. The number of nitrogens with zero attached hydrogens (tertiary/aromatic N) is 6. The van der Waals surface area contributed by atoms with E-state index in [4.69, 9.17) is 11.6 Å². The summed E-state index contributed by atoms with van der Waals surface area (Å²) in [5.41, 5.74) is -3.31. The predicted octanol–water partition coefficient (Wildman–Crippen LogP) is 7.23. The topological polar surface area (TPSA) is 110 Å². The number of benzene rings is 1. The molecule has 1 fully saturated rings. The first-order valence-corrected chi connectivity index (χ1v) is 16.4. The molecule has 5 aromatic rings. The third-order valence-corrected chi connectivity index (χ3v) is 9.22. The number of carbonyl (C=O) groups excluding carboxylic acids is 1. The van der Waals surface area contributed by atoms with Gasteiger partial charge >= 0.3 is 0 Å². The van der Waals surface area contributed by atoms with E-state index in [1.807, 2.05) is 0 Å². The van der Waals surface area contributed by atoms with E-state index >= 15 is 8.78 Å². The van der Waals surface area contributed by atoms with Gasteiger partial charge in [-0.15, -0.1) is 10.2 Å². The van der Waals surface area contributed by atoms with Gasteiger partial charge in [0.2, 0.25) is 11.7 Å². The molecule has 4 heterocycles. The van der Waals surface area contributed by atoms with Crippen molar-refractivity contribution in [3.05, 3.63) is 99.0 Å². The van der Waals surface area contributed by atoms with Crippen LogP contribution >= 0.6 is 11.6 Å². The van der Waals surface area contributed by atoms with Gasteiger partial charge in [-0.25, -0.2) is 31.3 Å². The summed E-state index contributed by atoms with van der Waals surface area (Å²) in [6.45, 7) is 1.87. The van der Waals surface area contributed by atoms with Crippen molar-refractivity contribution in [3.8, 4) is 23.0 Å². The molecule has 2 aliphatic rings. The molecule has 1 aromatic carbocycles. The molecule has 4 aromatic heterocycles. The van der Waals surface area contributed by atoms with Gasteiger partial charge in [0.15, 0.2) is 5.65 Å². The fourth-order valence-electron chi connectivity index (χ4n) is 6.72. The summed E-state index contributed by atoms with van der Waals surface area (Å²) in [6.07, 6.45) is -6.65. The number of rotatable bonds is 9. The molecule has 0 bridgehead atoms. The zero-order valence-electron chi connectivity index (χ0n) is 27.5. The van der Waals surface area contributed by atoms with Crippen LogP contribution in [0.4, 0.5) is 35.1 Å². The molecule has 53 heavy (non-hydrogen) atoms. The van der Waals surface area contributed by atoms with Crippen LogP contribution in [-0.2, 0) is 23.7 Å². The first kappa shape index (κ1) is 36.3. The minimum absolute atomic E-state index is 0.00355. The van der Waals surface area contributed by atoms with Crippen molar-refractivity contribution >= 4 is 23.2 Å². The number of carbonyl (C=O) groups is 1. The largest absolute Gasteiger partial charge is 0.378 e. The van der Waals surface area contributed by atoms with E-state index in [1.165, 1.54) is 38.1 Å². The summed E-state index contributed by atoms with van der Waals surface area (Å²) in [5.74, 6) is -3.94. The number of hydrogen-bond acceptors (Lipinski definition) is 6. The lowest BCUT2D eigenvalue weighted by molar-refractivity contribution is -0.123. The molecule has 0 saturated heterocycles. The summed E-state index contributed by atoms with van der Waals surface area (Å²) >= 11 is 6.25. The molecule has 1 saturated carbocycles. The first-order valence-electron chi connectivity index (χ1n) is 16.0. The number of aromatic nitrogens is 6. The Balaban J connectivity index is 1.36. The smallest absolute Gasteiger partial charge is 0.297 e. The number of fused-ring (bicyclic) bond motifs is 4. The Morgan fingerprint density at radius 1 is 1.04 bits per heavy atom. The maximum atomic E-state index is 15.3. The molecular formula is C35H26ClF8N7O2. The summed E-state index contributed by atoms with van der Waals surface area (Å²) in [7, 11) is 0. The highest BCUT2D eigenvalue weighted by Gasteiger charge is 2.67. The van der Waals surface area contributed by atoms with Crippen LogP contribution in [0.3, 0.4) is 0 Å². The van der Waals surface area contributed by atoms with Crippen LogP contribution in [0.15, 0.2) is 42.5 Å². The first-order chi connectivity index (χ1) is 24.9. The van der Waals surface area contributed by atoms with E-state index in [2.05, 4.69) is 37.4 Å². The van der Waals surface area contributed by atoms with Crippen molar-refractivity contribution in [1.82, 2.24) is 34.7 Å². The molecule has 3 atom stereocenters. The van der Waals surface area contributed by atoms with Gasteiger partial charge in [0.25, 0.3) is 18.8 Å². The second-order valence-corrected chi connectivity index (χ2v) is 13.7. The van der Waals surface area contributed by atoms with Gasteiger partial charge in [-0.3, -0.25) is 13.9 Å². The van der Waals surface area contributed by atoms with E-state index in [0.717, 1.165) is 16.5 Å². The summed E-state index contributed by atoms with van der Waals surface area (Å²) < 4.78 is 116. The van der Waals surface area contributed by atoms with Crippen molar-refractivity contribution in [2.45, 2.75) is 69.6 Å². The molecule has 0 unspecified atom stereocenters. The van der Waals surface area contributed by atoms with E-state index in [1.54, 1.807) is 0 Å². The Kier molecular flexibility index (Phi) is 8.97. The normalized spacial score (nSPS) is 17.8. The Labute approximate surface area is 300 Å². The average Bonchev–Trinajstić information content (AvgIpc) is 3.47. The average molecular weight is 764 g/mol. The van der Waals surface area contributed by atoms with Gasteiger partial charge in [-0.05, 0) is 80.5 Å². The Hall–Kier alpha value is -5.08. The minimum Gasteiger partial charge on any atom is -0.378 e. The molecule has 0 spiro atoms. The maximum absolute atomic E-state index is 15.3. The van der Waals surface area contributed by atoms with Crippen molar-refractivity contribution in [3.63, 3.8) is 0 Å². The highest BCUT2D eigenvalue weighted by molar-refractivity contribution is 6.30. The van der Waals surface area contributed by atoms with Crippen LogP contribution in [0.1, 0.15) is 84.8 Å². The van der Waals surface area contributed by atoms with Gasteiger partial charge in [0, 0.05) is 28.7 Å². The number of halogens is 9. The Morgan fingerprint density at radius 3 is 2.40 bits per heavy atom. The molecule has 2 N–H and O–H groups in total. The van der Waals surface area contributed by atoms with Gasteiger partial charge in [-0.1, -0.05) is 17.5 Å². The number of hydrogen-bond donors (Lipinski definition) is 2. The fraction of sp³-hybridized carbons (Fsp3) is 0.343. The molecular weight excluding hydrogens is 738 g/mol. The van der Waals surface area contributed by atoms with Crippen LogP contribution in [-0.4, -0.2) is 46.0 Å². The molecule has 18 heteroatoms. The number of pyridine rings is 2. The minimum atomic E-state index is -3.52. The van der Waals surface area contributed by atoms with Crippen molar-refractivity contribution < 1.29 is 45.0 Å². The molecule has 0 radical (unpaired) electrons.